The Kier molecular flexibility index (Phi) is 10.5. The highest BCUT2D eigenvalue weighted by molar-refractivity contribution is 5.50. The zero-order valence-corrected chi connectivity index (χ0v) is 23.8. The van der Waals surface area contributed by atoms with E-state index in [1.165, 1.54) is 0 Å². The van der Waals surface area contributed by atoms with E-state index in [-0.39, 0.29) is 10.8 Å². The Morgan fingerprint density at radius 3 is 1.36 bits per heavy atom. The molecule has 1 aromatic rings. The third-order valence-corrected chi connectivity index (χ3v) is 8.76. The molecule has 206 valence electrons. The topological polar surface area (TPSA) is 65.4 Å². The minimum atomic E-state index is -0.206. The number of morpholine rings is 2. The Labute approximate surface area is 220 Å². The van der Waals surface area contributed by atoms with Crippen LogP contribution >= 0.6 is 0 Å². The van der Waals surface area contributed by atoms with Gasteiger partial charge in [-0.25, -0.2) is 0 Å². The lowest BCUT2D eigenvalue weighted by Crippen LogP contribution is -2.42. The zero-order valence-electron chi connectivity index (χ0n) is 23.8. The van der Waals surface area contributed by atoms with Gasteiger partial charge in [0.05, 0.1) is 26.4 Å². The van der Waals surface area contributed by atoms with Gasteiger partial charge in [-0.05, 0) is 62.5 Å². The molecule has 36 heavy (non-hydrogen) atoms. The summed E-state index contributed by atoms with van der Waals surface area (Å²) in [5, 5.41) is 22.1. The second-order valence-corrected chi connectivity index (χ2v) is 12.4. The average Bonchev–Trinajstić information content (AvgIpc) is 2.85. The van der Waals surface area contributed by atoms with E-state index in [0.29, 0.717) is 23.6 Å². The van der Waals surface area contributed by atoms with Gasteiger partial charge in [0.2, 0.25) is 0 Å². The molecule has 2 aliphatic rings. The van der Waals surface area contributed by atoms with Gasteiger partial charge in [0.15, 0.2) is 0 Å². The standard InChI is InChI=1S/C30H52N2O4/c1-23(31-13-17-35-18-14-31)9-7-11-29(3,4)25-21-28(34)26(22-27(25)33)30(5,6)12-8-10-24(2)32-15-19-36-20-16-32/h21-24,33-34H,7-20H2,1-6H3. The molecule has 2 heterocycles. The molecule has 1 aromatic carbocycles. The molecule has 0 saturated carbocycles. The smallest absolute Gasteiger partial charge is 0.119 e. The van der Waals surface area contributed by atoms with Gasteiger partial charge in [0.25, 0.3) is 0 Å². The molecule has 2 unspecified atom stereocenters. The molecule has 6 nitrogen and oxygen atoms in total. The molecule has 2 saturated heterocycles. The van der Waals surface area contributed by atoms with Crippen molar-refractivity contribution in [2.24, 2.45) is 0 Å². The van der Waals surface area contributed by atoms with Gasteiger partial charge in [-0.3, -0.25) is 9.80 Å². The van der Waals surface area contributed by atoms with Gasteiger partial charge < -0.3 is 19.7 Å². The van der Waals surface area contributed by atoms with Crippen LogP contribution in [-0.2, 0) is 20.3 Å². The largest absolute Gasteiger partial charge is 0.508 e. The Bertz CT molecular complexity index is 746. The van der Waals surface area contributed by atoms with Crippen LogP contribution in [0, 0.1) is 0 Å². The van der Waals surface area contributed by atoms with E-state index in [1.807, 2.05) is 12.1 Å². The van der Waals surface area contributed by atoms with Crippen LogP contribution in [0.3, 0.4) is 0 Å². The Balaban J connectivity index is 1.56. The number of aromatic hydroxyl groups is 2. The van der Waals surface area contributed by atoms with E-state index in [4.69, 9.17) is 9.47 Å². The molecule has 0 aliphatic carbocycles. The van der Waals surface area contributed by atoms with Gasteiger partial charge in [-0.15, -0.1) is 0 Å². The fourth-order valence-corrected chi connectivity index (χ4v) is 6.01. The molecule has 0 aromatic heterocycles. The first-order chi connectivity index (χ1) is 17.0. The molecule has 2 aliphatic heterocycles. The summed E-state index contributed by atoms with van der Waals surface area (Å²) >= 11 is 0. The van der Waals surface area contributed by atoms with Crippen LogP contribution in [0.4, 0.5) is 0 Å². The third-order valence-electron chi connectivity index (χ3n) is 8.76. The van der Waals surface area contributed by atoms with Crippen LogP contribution in [0.1, 0.15) is 91.2 Å². The summed E-state index contributed by atoms with van der Waals surface area (Å²) in [5.74, 6) is 0.618. The predicted molar refractivity (Wildman–Crippen MR) is 147 cm³/mol. The van der Waals surface area contributed by atoms with Crippen LogP contribution in [0.25, 0.3) is 0 Å². The van der Waals surface area contributed by atoms with Crippen molar-refractivity contribution in [3.05, 3.63) is 23.3 Å². The lowest BCUT2D eigenvalue weighted by Gasteiger charge is -2.34. The molecular formula is C30H52N2O4. The van der Waals surface area contributed by atoms with E-state index in [2.05, 4.69) is 51.3 Å². The second kappa shape index (κ2) is 12.9. The van der Waals surface area contributed by atoms with Gasteiger partial charge >= 0.3 is 0 Å². The van der Waals surface area contributed by atoms with Gasteiger partial charge in [0, 0.05) is 49.4 Å². The predicted octanol–water partition coefficient (Wildman–Crippen LogP) is 5.44. The van der Waals surface area contributed by atoms with Gasteiger partial charge in [0.1, 0.15) is 11.5 Å². The van der Waals surface area contributed by atoms with Crippen molar-refractivity contribution < 1.29 is 19.7 Å². The van der Waals surface area contributed by atoms with Crippen molar-refractivity contribution in [2.45, 2.75) is 103 Å². The first-order valence-corrected chi connectivity index (χ1v) is 14.2. The third kappa shape index (κ3) is 7.83. The van der Waals surface area contributed by atoms with E-state index < -0.39 is 0 Å². The van der Waals surface area contributed by atoms with Crippen LogP contribution in [0.2, 0.25) is 0 Å². The number of ether oxygens (including phenoxy) is 2. The summed E-state index contributed by atoms with van der Waals surface area (Å²) in [6.45, 7) is 20.7. The van der Waals surface area contributed by atoms with E-state index in [9.17, 15) is 10.2 Å². The van der Waals surface area contributed by atoms with E-state index in [1.54, 1.807) is 0 Å². The first-order valence-electron chi connectivity index (χ1n) is 14.2. The second-order valence-electron chi connectivity index (χ2n) is 12.4. The molecule has 0 spiro atoms. The SMILES string of the molecule is CC(CCCC(C)(C)c1cc(O)c(C(C)(C)CCCC(C)N2CCOCC2)cc1O)N1CCOCC1. The Hall–Kier alpha value is -1.34. The average molecular weight is 505 g/mol. The molecule has 6 heteroatoms. The van der Waals surface area contributed by atoms with Crippen LogP contribution in [0.5, 0.6) is 11.5 Å². The highest BCUT2D eigenvalue weighted by Gasteiger charge is 2.30. The van der Waals surface area contributed by atoms with Crippen LogP contribution < -0.4 is 0 Å². The lowest BCUT2D eigenvalue weighted by atomic mass is 9.75. The summed E-state index contributed by atoms with van der Waals surface area (Å²) in [6, 6.07) is 4.74. The molecule has 0 radical (unpaired) electrons. The minimum absolute atomic E-state index is 0.206. The number of hydrogen-bond donors (Lipinski definition) is 2. The summed E-state index contributed by atoms with van der Waals surface area (Å²) in [7, 11) is 0. The summed E-state index contributed by atoms with van der Waals surface area (Å²) in [6.07, 6.45) is 6.36. The number of benzene rings is 1. The van der Waals surface area contributed by atoms with Crippen molar-refractivity contribution in [2.75, 3.05) is 52.6 Å². The van der Waals surface area contributed by atoms with Crippen molar-refractivity contribution in [3.63, 3.8) is 0 Å². The molecular weight excluding hydrogens is 452 g/mol. The minimum Gasteiger partial charge on any atom is -0.508 e. The van der Waals surface area contributed by atoms with Crippen LogP contribution in [0.15, 0.2) is 12.1 Å². The summed E-state index contributed by atoms with van der Waals surface area (Å²) < 4.78 is 11.0. The lowest BCUT2D eigenvalue weighted by molar-refractivity contribution is 0.0179. The molecule has 0 bridgehead atoms. The fraction of sp³-hybridized carbons (Fsp3) is 0.800. The zero-order chi connectivity index (χ0) is 26.3. The van der Waals surface area contributed by atoms with Crippen molar-refractivity contribution in [1.29, 1.82) is 0 Å². The number of rotatable bonds is 12. The van der Waals surface area contributed by atoms with Crippen molar-refractivity contribution in [1.82, 2.24) is 9.80 Å². The van der Waals surface area contributed by atoms with E-state index >= 15 is 0 Å². The number of phenolic OH excluding ortho intramolecular Hbond substituents is 2. The van der Waals surface area contributed by atoms with Gasteiger partial charge in [-0.2, -0.15) is 0 Å². The Morgan fingerprint density at radius 2 is 1.03 bits per heavy atom. The van der Waals surface area contributed by atoms with Crippen molar-refractivity contribution >= 4 is 0 Å². The molecule has 2 fully saturated rings. The monoisotopic (exact) mass is 504 g/mol. The van der Waals surface area contributed by atoms with Crippen LogP contribution in [-0.4, -0.2) is 84.7 Å². The Morgan fingerprint density at radius 1 is 0.694 bits per heavy atom. The summed E-state index contributed by atoms with van der Waals surface area (Å²) in [5.41, 5.74) is 1.28. The number of nitrogens with zero attached hydrogens (tertiary/aromatic N) is 2. The first kappa shape index (κ1) is 29.2. The highest BCUT2D eigenvalue weighted by Crippen LogP contribution is 2.43. The maximum atomic E-state index is 11.1. The quantitative estimate of drug-likeness (QED) is 0.370. The molecule has 2 N–H and O–H groups in total. The molecule has 3 rings (SSSR count). The fourth-order valence-electron chi connectivity index (χ4n) is 6.01. The number of hydrogen-bond acceptors (Lipinski definition) is 6. The molecule has 0 amide bonds. The maximum Gasteiger partial charge on any atom is 0.119 e. The normalized spacial score (nSPS) is 20.4. The summed E-state index contributed by atoms with van der Waals surface area (Å²) in [4.78, 5) is 5.02. The highest BCUT2D eigenvalue weighted by atomic mass is 16.5. The molecule has 2 atom stereocenters. The number of phenols is 2. The van der Waals surface area contributed by atoms with E-state index in [0.717, 1.165) is 102 Å². The maximum absolute atomic E-state index is 11.1. The van der Waals surface area contributed by atoms with Gasteiger partial charge in [-0.1, -0.05) is 40.5 Å². The van der Waals surface area contributed by atoms with Crippen molar-refractivity contribution in [3.8, 4) is 11.5 Å².